The summed E-state index contributed by atoms with van der Waals surface area (Å²) in [4.78, 5) is 0. The molecule has 2 heteroatoms. The molecule has 0 spiro atoms. The molecule has 0 saturated carbocycles. The van der Waals surface area contributed by atoms with Gasteiger partial charge >= 0.3 is 0 Å². The van der Waals surface area contributed by atoms with E-state index in [1.54, 1.807) is 6.08 Å². The lowest BCUT2D eigenvalue weighted by atomic mass is 10.7. The summed E-state index contributed by atoms with van der Waals surface area (Å²) >= 11 is 5.13. The highest BCUT2D eigenvalue weighted by Crippen LogP contribution is 1.69. The maximum atomic E-state index is 5.13. The zero-order valence-electron chi connectivity index (χ0n) is 2.82. The summed E-state index contributed by atoms with van der Waals surface area (Å²) < 4.78 is 0. The van der Waals surface area contributed by atoms with Gasteiger partial charge in [-0.2, -0.15) is 0 Å². The van der Waals surface area contributed by atoms with E-state index in [1.807, 2.05) is 0 Å². The lowest BCUT2D eigenvalue weighted by molar-refractivity contribution is 1.56. The van der Waals surface area contributed by atoms with Crippen molar-refractivity contribution in [3.05, 3.63) is 12.3 Å². The number of rotatable bonds is 1. The number of allylic oxidation sites excluding steroid dienone is 1. The van der Waals surface area contributed by atoms with Crippen LogP contribution in [0, 0.1) is 0 Å². The minimum Gasteiger partial charge on any atom is -0.405 e. The summed E-state index contributed by atoms with van der Waals surface area (Å²) in [6.07, 6.45) is 3.09. The molecule has 0 amide bonds. The third kappa shape index (κ3) is 3.83. The van der Waals surface area contributed by atoms with Crippen molar-refractivity contribution < 1.29 is 0 Å². The lowest BCUT2D eigenvalue weighted by Gasteiger charge is -1.64. The van der Waals surface area contributed by atoms with Crippen molar-refractivity contribution in [2.24, 2.45) is 5.73 Å². The van der Waals surface area contributed by atoms with Crippen LogP contribution in [-0.2, 0) is 0 Å². The van der Waals surface area contributed by atoms with Crippen molar-refractivity contribution in [2.75, 3.05) is 5.88 Å². The third-order valence-corrected chi connectivity index (χ3v) is 0.403. The molecule has 0 aromatic rings. The van der Waals surface area contributed by atoms with Gasteiger partial charge in [-0.1, -0.05) is 6.08 Å². The van der Waals surface area contributed by atoms with E-state index in [2.05, 4.69) is 0 Å². The molecular formula is C3H6ClN. The van der Waals surface area contributed by atoms with E-state index >= 15 is 0 Å². The molecule has 0 saturated heterocycles. The normalized spacial score (nSPS) is 9.80. The molecule has 0 aromatic heterocycles. The molecule has 0 aliphatic heterocycles. The molecule has 0 radical (unpaired) electrons. The first-order valence-electron chi connectivity index (χ1n) is 1.34. The molecule has 0 heterocycles. The highest BCUT2D eigenvalue weighted by molar-refractivity contribution is 6.18. The monoisotopic (exact) mass is 91.0 g/mol. The molecule has 30 valence electrons. The van der Waals surface area contributed by atoms with Crippen molar-refractivity contribution >= 4 is 11.6 Å². The van der Waals surface area contributed by atoms with Crippen LogP contribution in [0.2, 0.25) is 0 Å². The highest BCUT2D eigenvalue weighted by atomic mass is 35.5. The van der Waals surface area contributed by atoms with E-state index in [-0.39, 0.29) is 0 Å². The van der Waals surface area contributed by atoms with E-state index in [1.165, 1.54) is 6.20 Å². The minimum absolute atomic E-state index is 0.510. The Morgan fingerprint density at radius 2 is 2.40 bits per heavy atom. The Bertz CT molecular complexity index is 33.9. The van der Waals surface area contributed by atoms with Crippen LogP contribution in [0.25, 0.3) is 0 Å². The SMILES string of the molecule is N/C=C\CCl. The molecule has 1 nitrogen and oxygen atoms in total. The van der Waals surface area contributed by atoms with Gasteiger partial charge in [-0.3, -0.25) is 0 Å². The standard InChI is InChI=1S/C3H6ClN/c4-2-1-3-5/h1,3H,2,5H2/b3-1-. The molecule has 5 heavy (non-hydrogen) atoms. The first-order valence-corrected chi connectivity index (χ1v) is 1.88. The second-order valence-electron chi connectivity index (χ2n) is 0.582. The molecule has 0 rings (SSSR count). The van der Waals surface area contributed by atoms with Gasteiger partial charge in [0.1, 0.15) is 0 Å². The average molecular weight is 91.5 g/mol. The molecule has 0 aromatic carbocycles. The van der Waals surface area contributed by atoms with Crippen LogP contribution in [-0.4, -0.2) is 5.88 Å². The lowest BCUT2D eigenvalue weighted by Crippen LogP contribution is -1.74. The topological polar surface area (TPSA) is 26.0 Å². The van der Waals surface area contributed by atoms with Gasteiger partial charge in [0.15, 0.2) is 0 Å². The molecule has 0 fully saturated rings. The largest absolute Gasteiger partial charge is 0.405 e. The van der Waals surface area contributed by atoms with Gasteiger partial charge in [-0.05, 0) is 6.20 Å². The first-order chi connectivity index (χ1) is 2.41. The van der Waals surface area contributed by atoms with Crippen LogP contribution in [0.3, 0.4) is 0 Å². The van der Waals surface area contributed by atoms with Crippen molar-refractivity contribution in [2.45, 2.75) is 0 Å². The van der Waals surface area contributed by atoms with Crippen LogP contribution < -0.4 is 5.73 Å². The molecule has 0 aliphatic carbocycles. The van der Waals surface area contributed by atoms with Crippen LogP contribution >= 0.6 is 11.6 Å². The summed E-state index contributed by atoms with van der Waals surface area (Å²) in [5.41, 5.74) is 4.87. The maximum absolute atomic E-state index is 5.13. The summed E-state index contributed by atoms with van der Waals surface area (Å²) in [6, 6.07) is 0. The first kappa shape index (κ1) is 4.83. The number of alkyl halides is 1. The molecule has 0 aliphatic rings. The highest BCUT2D eigenvalue weighted by Gasteiger charge is 1.54. The zero-order valence-corrected chi connectivity index (χ0v) is 3.57. The van der Waals surface area contributed by atoms with E-state index < -0.39 is 0 Å². The van der Waals surface area contributed by atoms with Gasteiger partial charge in [0.2, 0.25) is 0 Å². The van der Waals surface area contributed by atoms with Crippen molar-refractivity contribution in [3.8, 4) is 0 Å². The number of nitrogens with two attached hydrogens (primary N) is 1. The number of hydrogen-bond donors (Lipinski definition) is 1. The van der Waals surface area contributed by atoms with Gasteiger partial charge in [-0.25, -0.2) is 0 Å². The van der Waals surface area contributed by atoms with Gasteiger partial charge < -0.3 is 5.73 Å². The summed E-state index contributed by atoms with van der Waals surface area (Å²) in [5.74, 6) is 0.510. The maximum Gasteiger partial charge on any atom is 0.0420 e. The summed E-state index contributed by atoms with van der Waals surface area (Å²) in [6.45, 7) is 0. The van der Waals surface area contributed by atoms with Crippen LogP contribution in [0.4, 0.5) is 0 Å². The number of halogens is 1. The fraction of sp³-hybridized carbons (Fsp3) is 0.333. The van der Waals surface area contributed by atoms with E-state index in [0.29, 0.717) is 5.88 Å². The summed E-state index contributed by atoms with van der Waals surface area (Å²) in [5, 5.41) is 0. The predicted molar refractivity (Wildman–Crippen MR) is 24.0 cm³/mol. The summed E-state index contributed by atoms with van der Waals surface area (Å²) in [7, 11) is 0. The molecule has 0 atom stereocenters. The van der Waals surface area contributed by atoms with Gasteiger partial charge in [0, 0.05) is 5.88 Å². The van der Waals surface area contributed by atoms with Gasteiger partial charge in [-0.15, -0.1) is 11.6 Å². The van der Waals surface area contributed by atoms with E-state index in [0.717, 1.165) is 0 Å². The van der Waals surface area contributed by atoms with Crippen molar-refractivity contribution in [1.29, 1.82) is 0 Å². The molecular weight excluding hydrogens is 85.5 g/mol. The predicted octanol–water partition coefficient (Wildman–Crippen LogP) is 0.698. The molecule has 0 bridgehead atoms. The molecule has 0 unspecified atom stereocenters. The Balaban J connectivity index is 2.62. The van der Waals surface area contributed by atoms with Crippen LogP contribution in [0.5, 0.6) is 0 Å². The fourth-order valence-electron chi connectivity index (χ4n) is 0.0514. The smallest absolute Gasteiger partial charge is 0.0420 e. The van der Waals surface area contributed by atoms with Crippen molar-refractivity contribution in [1.82, 2.24) is 0 Å². The van der Waals surface area contributed by atoms with Crippen LogP contribution in [0.15, 0.2) is 12.3 Å². The third-order valence-electron chi connectivity index (χ3n) is 0.225. The van der Waals surface area contributed by atoms with E-state index in [9.17, 15) is 0 Å². The van der Waals surface area contributed by atoms with Gasteiger partial charge in [0.25, 0.3) is 0 Å². The van der Waals surface area contributed by atoms with Crippen LogP contribution in [0.1, 0.15) is 0 Å². The Labute approximate surface area is 36.4 Å². The molecule has 2 N–H and O–H groups in total. The quantitative estimate of drug-likeness (QED) is 0.473. The van der Waals surface area contributed by atoms with Gasteiger partial charge in [0.05, 0.1) is 0 Å². The van der Waals surface area contributed by atoms with E-state index in [4.69, 9.17) is 17.3 Å². The number of hydrogen-bond acceptors (Lipinski definition) is 1. The zero-order chi connectivity index (χ0) is 4.12. The fourth-order valence-corrected chi connectivity index (χ4v) is 0.154. The Hall–Kier alpha value is -0.170. The minimum atomic E-state index is 0.510. The Morgan fingerprint density at radius 3 is 2.40 bits per heavy atom. The second-order valence-corrected chi connectivity index (χ2v) is 0.891. The Kier molecular flexibility index (Phi) is 3.70. The van der Waals surface area contributed by atoms with Crippen molar-refractivity contribution in [3.63, 3.8) is 0 Å². The second kappa shape index (κ2) is 3.83. The average Bonchev–Trinajstić information content (AvgIpc) is 1.41. The Morgan fingerprint density at radius 1 is 1.80 bits per heavy atom.